The molecule has 1 amide bonds. The Bertz CT molecular complexity index is 540. The van der Waals surface area contributed by atoms with Crippen molar-refractivity contribution in [1.82, 2.24) is 26.4 Å². The summed E-state index contributed by atoms with van der Waals surface area (Å²) in [6.45, 7) is 0. The van der Waals surface area contributed by atoms with Gasteiger partial charge in [-0.1, -0.05) is 0 Å². The number of hydrazine groups is 1. The van der Waals surface area contributed by atoms with Crippen molar-refractivity contribution >= 4 is 45.8 Å². The fraction of sp³-hybridized carbons (Fsp3) is 0.333. The third kappa shape index (κ3) is 3.06. The van der Waals surface area contributed by atoms with E-state index in [2.05, 4.69) is 44.1 Å². The highest BCUT2D eigenvalue weighted by Crippen LogP contribution is 2.25. The van der Waals surface area contributed by atoms with Crippen molar-refractivity contribution < 1.29 is 4.79 Å². The topological polar surface area (TPSA) is 68.4 Å². The fourth-order valence-electron chi connectivity index (χ4n) is 1.91. The zero-order valence-electron chi connectivity index (χ0n) is 10.5. The second-order valence-electron chi connectivity index (χ2n) is 4.75. The van der Waals surface area contributed by atoms with Crippen LogP contribution in [0.2, 0.25) is 0 Å². The van der Waals surface area contributed by atoms with E-state index in [1.165, 1.54) is 0 Å². The van der Waals surface area contributed by atoms with Gasteiger partial charge in [0.25, 0.3) is 5.91 Å². The highest BCUT2D eigenvalue weighted by atomic mass is 127. The summed E-state index contributed by atoms with van der Waals surface area (Å²) >= 11 is 7.31. The number of thiocarbonyl (C=S) groups is 1. The first-order valence-electron chi connectivity index (χ1n) is 6.30. The second-order valence-corrected chi connectivity index (χ2v) is 6.26. The van der Waals surface area contributed by atoms with Crippen LogP contribution < -0.4 is 21.5 Å². The van der Waals surface area contributed by atoms with Gasteiger partial charge in [-0.15, -0.1) is 0 Å². The van der Waals surface area contributed by atoms with Crippen molar-refractivity contribution in [3.63, 3.8) is 0 Å². The Labute approximate surface area is 135 Å². The largest absolute Gasteiger partial charge is 0.366 e. The normalized spacial score (nSPS) is 23.2. The van der Waals surface area contributed by atoms with Crippen LogP contribution in [0.5, 0.6) is 0 Å². The van der Waals surface area contributed by atoms with Crippen molar-refractivity contribution in [1.29, 1.82) is 0 Å². The highest BCUT2D eigenvalue weighted by molar-refractivity contribution is 14.1. The maximum Gasteiger partial charge on any atom is 0.269 e. The first-order chi connectivity index (χ1) is 9.63. The molecule has 3 rings (SSSR count). The average molecular weight is 403 g/mol. The van der Waals surface area contributed by atoms with Gasteiger partial charge in [0.05, 0.1) is 3.70 Å². The molecule has 20 heavy (non-hydrogen) atoms. The first kappa shape index (κ1) is 13.7. The summed E-state index contributed by atoms with van der Waals surface area (Å²) in [5, 5.41) is 6.73. The van der Waals surface area contributed by atoms with E-state index in [1.54, 1.807) is 6.08 Å². The van der Waals surface area contributed by atoms with Crippen LogP contribution >= 0.6 is 34.8 Å². The lowest BCUT2D eigenvalue weighted by molar-refractivity contribution is -0.117. The zero-order chi connectivity index (χ0) is 14.1. The molecule has 1 atom stereocenters. The van der Waals surface area contributed by atoms with Crippen molar-refractivity contribution in [2.75, 3.05) is 0 Å². The van der Waals surface area contributed by atoms with E-state index in [0.29, 0.717) is 16.7 Å². The Kier molecular flexibility index (Phi) is 3.83. The van der Waals surface area contributed by atoms with E-state index in [-0.39, 0.29) is 12.1 Å². The minimum Gasteiger partial charge on any atom is -0.366 e. The molecule has 1 fully saturated rings. The quantitative estimate of drug-likeness (QED) is 0.234. The number of carbonyl (C=O) groups is 1. The van der Waals surface area contributed by atoms with Gasteiger partial charge in [0.1, 0.15) is 6.17 Å². The highest BCUT2D eigenvalue weighted by Gasteiger charge is 2.25. The minimum atomic E-state index is -0.204. The van der Waals surface area contributed by atoms with Gasteiger partial charge >= 0.3 is 0 Å². The molecule has 0 aromatic heterocycles. The molecule has 0 aromatic rings. The van der Waals surface area contributed by atoms with Crippen molar-refractivity contribution in [2.45, 2.75) is 25.0 Å². The van der Waals surface area contributed by atoms with Crippen LogP contribution in [0.15, 0.2) is 33.8 Å². The molecule has 8 heteroatoms. The molecule has 0 bridgehead atoms. The van der Waals surface area contributed by atoms with Crippen molar-refractivity contribution in [2.24, 2.45) is 0 Å². The summed E-state index contributed by atoms with van der Waals surface area (Å²) in [6.07, 6.45) is 9.74. The molecule has 1 aliphatic carbocycles. The Morgan fingerprint density at radius 1 is 1.45 bits per heavy atom. The monoisotopic (exact) mass is 403 g/mol. The van der Waals surface area contributed by atoms with E-state index in [9.17, 15) is 4.79 Å². The molecule has 3 aliphatic rings. The summed E-state index contributed by atoms with van der Waals surface area (Å²) in [5.41, 5.74) is 5.91. The lowest BCUT2D eigenvalue weighted by Crippen LogP contribution is -2.48. The summed E-state index contributed by atoms with van der Waals surface area (Å²) in [7, 11) is 0. The van der Waals surface area contributed by atoms with Crippen LogP contribution in [-0.2, 0) is 4.79 Å². The number of rotatable bonds is 2. The molecule has 0 spiro atoms. The van der Waals surface area contributed by atoms with Gasteiger partial charge < -0.3 is 15.5 Å². The minimum absolute atomic E-state index is 0.00388. The van der Waals surface area contributed by atoms with Gasteiger partial charge in [-0.25, -0.2) is 0 Å². The molecule has 106 valence electrons. The molecule has 4 N–H and O–H groups in total. The second kappa shape index (κ2) is 5.60. The van der Waals surface area contributed by atoms with Gasteiger partial charge in [0.2, 0.25) is 0 Å². The van der Waals surface area contributed by atoms with Crippen molar-refractivity contribution in [3.8, 4) is 0 Å². The predicted octanol–water partition coefficient (Wildman–Crippen LogP) is 0.563. The van der Waals surface area contributed by atoms with E-state index in [1.807, 2.05) is 23.4 Å². The molecule has 6 nitrogen and oxygen atoms in total. The Morgan fingerprint density at radius 2 is 2.25 bits per heavy atom. The molecule has 0 radical (unpaired) electrons. The van der Waals surface area contributed by atoms with E-state index in [4.69, 9.17) is 12.2 Å². The maximum atomic E-state index is 12.0. The summed E-state index contributed by atoms with van der Waals surface area (Å²) in [6, 6.07) is 0.463. The molecular weight excluding hydrogens is 389 g/mol. The summed E-state index contributed by atoms with van der Waals surface area (Å²) in [4.78, 5) is 14.1. The Balaban J connectivity index is 1.51. The Morgan fingerprint density at radius 3 is 3.00 bits per heavy atom. The number of nitrogens with zero attached hydrogens (tertiary/aromatic N) is 1. The smallest absolute Gasteiger partial charge is 0.269 e. The molecule has 1 unspecified atom stereocenters. The number of halogens is 1. The standard InChI is InChI=1S/C12H14IN5OS/c13-9-6-14-10-5-7(3-4-18(9)10)11(19)16-17-12(20)15-8-1-2-8/h3-6,8,10,14H,1-2H2,(H,16,19)(H2,15,17,20). The molecule has 2 aliphatic heterocycles. The number of amides is 1. The number of hydrogen-bond donors (Lipinski definition) is 4. The lowest BCUT2D eigenvalue weighted by atomic mass is 10.1. The lowest BCUT2D eigenvalue weighted by Gasteiger charge is -2.25. The van der Waals surface area contributed by atoms with Crippen LogP contribution in [-0.4, -0.2) is 28.1 Å². The SMILES string of the molecule is O=C(NNC(=S)NC1CC1)C1=CC2NC=C(I)N2C=C1. The first-order valence-corrected chi connectivity index (χ1v) is 7.79. The van der Waals surface area contributed by atoms with Gasteiger partial charge in [-0.2, -0.15) is 0 Å². The van der Waals surface area contributed by atoms with Gasteiger partial charge in [-0.05, 0) is 59.8 Å². The van der Waals surface area contributed by atoms with E-state index >= 15 is 0 Å². The fourth-order valence-corrected chi connectivity index (χ4v) is 2.77. The zero-order valence-corrected chi connectivity index (χ0v) is 13.5. The molecule has 2 heterocycles. The third-order valence-corrected chi connectivity index (χ3v) is 4.22. The number of carbonyl (C=O) groups excluding carboxylic acids is 1. The summed E-state index contributed by atoms with van der Waals surface area (Å²) < 4.78 is 1.09. The number of nitrogens with one attached hydrogen (secondary N) is 4. The van der Waals surface area contributed by atoms with Gasteiger partial charge in [0, 0.05) is 24.0 Å². The molecule has 0 aromatic carbocycles. The van der Waals surface area contributed by atoms with Crippen LogP contribution in [0.25, 0.3) is 0 Å². The van der Waals surface area contributed by atoms with E-state index < -0.39 is 0 Å². The van der Waals surface area contributed by atoms with Crippen LogP contribution in [0.4, 0.5) is 0 Å². The van der Waals surface area contributed by atoms with Gasteiger partial charge in [0.15, 0.2) is 5.11 Å². The number of fused-ring (bicyclic) bond motifs is 1. The van der Waals surface area contributed by atoms with Gasteiger partial charge in [-0.3, -0.25) is 15.6 Å². The molecule has 1 saturated carbocycles. The molecule has 0 saturated heterocycles. The van der Waals surface area contributed by atoms with Crippen molar-refractivity contribution in [3.05, 3.63) is 33.8 Å². The number of hydrogen-bond acceptors (Lipinski definition) is 4. The Hall–Kier alpha value is -1.29. The molecular formula is C12H14IN5OS. The van der Waals surface area contributed by atoms with Crippen LogP contribution in [0, 0.1) is 0 Å². The van der Waals surface area contributed by atoms with Crippen LogP contribution in [0.3, 0.4) is 0 Å². The predicted molar refractivity (Wildman–Crippen MR) is 88.1 cm³/mol. The average Bonchev–Trinajstić information content (AvgIpc) is 3.18. The van der Waals surface area contributed by atoms with E-state index in [0.717, 1.165) is 16.5 Å². The van der Waals surface area contributed by atoms with Crippen LogP contribution in [0.1, 0.15) is 12.8 Å². The third-order valence-electron chi connectivity index (χ3n) is 3.14. The maximum absolute atomic E-state index is 12.0. The summed E-state index contributed by atoms with van der Waals surface area (Å²) in [5.74, 6) is -0.204.